The first-order chi connectivity index (χ1) is 7.10. The predicted octanol–water partition coefficient (Wildman–Crippen LogP) is 3.15. The van der Waals surface area contributed by atoms with Crippen LogP contribution in [0.4, 0.5) is 4.39 Å². The van der Waals surface area contributed by atoms with Crippen LogP contribution in [0.5, 0.6) is 0 Å². The van der Waals surface area contributed by atoms with Crippen molar-refractivity contribution in [2.75, 3.05) is 7.11 Å². The fourth-order valence-electron chi connectivity index (χ4n) is 1.44. The molecule has 0 spiro atoms. The third-order valence-electron chi connectivity index (χ3n) is 2.23. The molecule has 1 aromatic rings. The molecule has 0 saturated heterocycles. The zero-order chi connectivity index (χ0) is 11.4. The van der Waals surface area contributed by atoms with Gasteiger partial charge in [-0.05, 0) is 30.2 Å². The fraction of sp³-hybridized carbons (Fsp3) is 0.364. The summed E-state index contributed by atoms with van der Waals surface area (Å²) in [5.74, 6) is -1.31. The van der Waals surface area contributed by atoms with Gasteiger partial charge in [0.05, 0.1) is 13.0 Å². The molecule has 0 N–H and O–H groups in total. The highest BCUT2D eigenvalue weighted by molar-refractivity contribution is 6.31. The van der Waals surface area contributed by atoms with Crippen molar-refractivity contribution in [2.24, 2.45) is 0 Å². The maximum Gasteiger partial charge on any atom is 0.313 e. The van der Waals surface area contributed by atoms with Gasteiger partial charge < -0.3 is 4.74 Å². The Kier molecular flexibility index (Phi) is 4.09. The molecule has 1 aromatic carbocycles. The van der Waals surface area contributed by atoms with Gasteiger partial charge in [0.25, 0.3) is 0 Å². The number of halogens is 2. The lowest BCUT2D eigenvalue weighted by Crippen LogP contribution is -2.14. The molecule has 15 heavy (non-hydrogen) atoms. The number of esters is 1. The highest BCUT2D eigenvalue weighted by atomic mass is 35.5. The molecule has 4 heteroatoms. The molecule has 1 atom stereocenters. The lowest BCUT2D eigenvalue weighted by atomic mass is 9.96. The lowest BCUT2D eigenvalue weighted by Gasteiger charge is -2.14. The Hall–Kier alpha value is -1.09. The van der Waals surface area contributed by atoms with Gasteiger partial charge in [0.2, 0.25) is 0 Å². The van der Waals surface area contributed by atoms with Gasteiger partial charge in [-0.25, -0.2) is 4.39 Å². The van der Waals surface area contributed by atoms with Gasteiger partial charge in [0.15, 0.2) is 0 Å². The number of carbonyl (C=O) groups is 1. The van der Waals surface area contributed by atoms with E-state index >= 15 is 0 Å². The summed E-state index contributed by atoms with van der Waals surface area (Å²) in [5, 5.41) is 0.383. The second-order valence-corrected chi connectivity index (χ2v) is 3.56. The zero-order valence-corrected chi connectivity index (χ0v) is 9.34. The van der Waals surface area contributed by atoms with Gasteiger partial charge in [-0.15, -0.1) is 0 Å². The van der Waals surface area contributed by atoms with Crippen LogP contribution < -0.4 is 0 Å². The van der Waals surface area contributed by atoms with Crippen LogP contribution in [-0.4, -0.2) is 13.1 Å². The summed E-state index contributed by atoms with van der Waals surface area (Å²) in [6.07, 6.45) is 0.524. The van der Waals surface area contributed by atoms with Gasteiger partial charge in [0, 0.05) is 5.02 Å². The van der Waals surface area contributed by atoms with E-state index in [1.807, 2.05) is 6.92 Å². The molecule has 0 aliphatic rings. The van der Waals surface area contributed by atoms with Crippen molar-refractivity contribution in [3.8, 4) is 0 Å². The monoisotopic (exact) mass is 230 g/mol. The summed E-state index contributed by atoms with van der Waals surface area (Å²) >= 11 is 5.90. The van der Waals surface area contributed by atoms with Gasteiger partial charge in [0.1, 0.15) is 5.82 Å². The molecule has 0 fully saturated rings. The molecule has 0 aromatic heterocycles. The quantitative estimate of drug-likeness (QED) is 0.746. The third kappa shape index (κ3) is 2.69. The van der Waals surface area contributed by atoms with E-state index in [4.69, 9.17) is 11.6 Å². The minimum atomic E-state index is -0.502. The summed E-state index contributed by atoms with van der Waals surface area (Å²) in [7, 11) is 1.30. The molecular weight excluding hydrogens is 219 g/mol. The predicted molar refractivity (Wildman–Crippen MR) is 56.5 cm³/mol. The van der Waals surface area contributed by atoms with Crippen LogP contribution >= 0.6 is 11.6 Å². The first-order valence-electron chi connectivity index (χ1n) is 4.63. The summed E-state index contributed by atoms with van der Waals surface area (Å²) in [5.41, 5.74) is 0.478. The van der Waals surface area contributed by atoms with E-state index in [9.17, 15) is 9.18 Å². The maximum atomic E-state index is 13.0. The van der Waals surface area contributed by atoms with E-state index in [2.05, 4.69) is 4.74 Å². The summed E-state index contributed by atoms with van der Waals surface area (Å²) in [6.45, 7) is 1.82. The van der Waals surface area contributed by atoms with E-state index in [-0.39, 0.29) is 0 Å². The van der Waals surface area contributed by atoms with Gasteiger partial charge >= 0.3 is 5.97 Å². The minimum absolute atomic E-state index is 0.383. The SMILES string of the molecule is CCC(C(=O)OC)c1cc(F)ccc1Cl. The number of methoxy groups -OCH3 is 1. The molecule has 0 radical (unpaired) electrons. The van der Waals surface area contributed by atoms with E-state index < -0.39 is 17.7 Å². The largest absolute Gasteiger partial charge is 0.469 e. The van der Waals surface area contributed by atoms with Crippen LogP contribution in [0.25, 0.3) is 0 Å². The second kappa shape index (κ2) is 5.12. The molecule has 82 valence electrons. The Bertz CT molecular complexity index is 366. The first kappa shape index (κ1) is 12.0. The van der Waals surface area contributed by atoms with Crippen LogP contribution in [0.1, 0.15) is 24.8 Å². The molecular formula is C11H12ClFO2. The minimum Gasteiger partial charge on any atom is -0.469 e. The number of carbonyl (C=O) groups excluding carboxylic acids is 1. The van der Waals surface area contributed by atoms with Crippen LogP contribution in [-0.2, 0) is 9.53 Å². The van der Waals surface area contributed by atoms with Crippen molar-refractivity contribution < 1.29 is 13.9 Å². The fourth-order valence-corrected chi connectivity index (χ4v) is 1.69. The summed E-state index contributed by atoms with van der Waals surface area (Å²) in [6, 6.07) is 3.97. The molecule has 0 bridgehead atoms. The van der Waals surface area contributed by atoms with E-state index in [1.165, 1.54) is 25.3 Å². The molecule has 1 unspecified atom stereocenters. The maximum absolute atomic E-state index is 13.0. The van der Waals surface area contributed by atoms with Crippen molar-refractivity contribution in [3.63, 3.8) is 0 Å². The number of ether oxygens (including phenoxy) is 1. The number of rotatable bonds is 3. The molecule has 2 nitrogen and oxygen atoms in total. The standard InChI is InChI=1S/C11H12ClFO2/c1-3-8(11(14)15-2)9-6-7(13)4-5-10(9)12/h4-6,8H,3H2,1-2H3. The Balaban J connectivity index is 3.11. The zero-order valence-electron chi connectivity index (χ0n) is 8.59. The first-order valence-corrected chi connectivity index (χ1v) is 5.00. The van der Waals surface area contributed by atoms with Crippen molar-refractivity contribution in [3.05, 3.63) is 34.6 Å². The van der Waals surface area contributed by atoms with Gasteiger partial charge in [-0.1, -0.05) is 18.5 Å². The van der Waals surface area contributed by atoms with Crippen LogP contribution in [0.15, 0.2) is 18.2 Å². The second-order valence-electron chi connectivity index (χ2n) is 3.15. The molecule has 0 aliphatic heterocycles. The van der Waals surface area contributed by atoms with Crippen LogP contribution in [0, 0.1) is 5.82 Å². The van der Waals surface area contributed by atoms with Crippen molar-refractivity contribution in [1.29, 1.82) is 0 Å². The Morgan fingerprint density at radius 2 is 2.27 bits per heavy atom. The van der Waals surface area contributed by atoms with Crippen molar-refractivity contribution in [2.45, 2.75) is 19.3 Å². The number of benzene rings is 1. The smallest absolute Gasteiger partial charge is 0.313 e. The van der Waals surface area contributed by atoms with Crippen LogP contribution in [0.3, 0.4) is 0 Å². The van der Waals surface area contributed by atoms with E-state index in [0.29, 0.717) is 17.0 Å². The highest BCUT2D eigenvalue weighted by Crippen LogP contribution is 2.28. The normalized spacial score (nSPS) is 12.3. The molecule has 1 rings (SSSR count). The topological polar surface area (TPSA) is 26.3 Å². The third-order valence-corrected chi connectivity index (χ3v) is 2.57. The Morgan fingerprint density at radius 1 is 1.60 bits per heavy atom. The van der Waals surface area contributed by atoms with E-state index in [0.717, 1.165) is 0 Å². The van der Waals surface area contributed by atoms with Gasteiger partial charge in [-0.3, -0.25) is 4.79 Å². The van der Waals surface area contributed by atoms with Crippen LogP contribution in [0.2, 0.25) is 5.02 Å². The number of hydrogen-bond donors (Lipinski definition) is 0. The highest BCUT2D eigenvalue weighted by Gasteiger charge is 2.22. The Labute approximate surface area is 93.0 Å². The van der Waals surface area contributed by atoms with E-state index in [1.54, 1.807) is 0 Å². The molecule has 0 saturated carbocycles. The van der Waals surface area contributed by atoms with Crippen molar-refractivity contribution >= 4 is 17.6 Å². The molecule has 0 aliphatic carbocycles. The number of hydrogen-bond acceptors (Lipinski definition) is 2. The van der Waals surface area contributed by atoms with Gasteiger partial charge in [-0.2, -0.15) is 0 Å². The average molecular weight is 231 g/mol. The average Bonchev–Trinajstić information content (AvgIpc) is 2.23. The summed E-state index contributed by atoms with van der Waals surface area (Å²) < 4.78 is 17.6. The lowest BCUT2D eigenvalue weighted by molar-refractivity contribution is -0.142. The van der Waals surface area contributed by atoms with Crippen molar-refractivity contribution in [1.82, 2.24) is 0 Å². The Morgan fingerprint density at radius 3 is 2.80 bits per heavy atom. The molecule has 0 amide bonds. The molecule has 0 heterocycles. The summed E-state index contributed by atoms with van der Waals surface area (Å²) in [4.78, 5) is 11.4.